The molecule has 2 aliphatic rings. The molecule has 0 aliphatic carbocycles. The fourth-order valence-corrected chi connectivity index (χ4v) is 3.41. The van der Waals surface area contributed by atoms with Gasteiger partial charge in [-0.1, -0.05) is 0 Å². The van der Waals surface area contributed by atoms with E-state index in [2.05, 4.69) is 4.74 Å². The largest absolute Gasteiger partial charge is 0.507 e. The summed E-state index contributed by atoms with van der Waals surface area (Å²) in [4.78, 5) is 24.0. The molecule has 0 bridgehead atoms. The molecule has 4 rings (SSSR count). The van der Waals surface area contributed by atoms with E-state index in [9.17, 15) is 40.2 Å². The molecule has 0 saturated carbocycles. The van der Waals surface area contributed by atoms with Crippen LogP contribution in [0, 0.1) is 0 Å². The molecule has 34 heavy (non-hydrogen) atoms. The Hall–Kier alpha value is -3.78. The first-order valence-corrected chi connectivity index (χ1v) is 9.80. The number of methoxy groups -OCH3 is 1. The van der Waals surface area contributed by atoms with E-state index in [4.69, 9.17) is 18.9 Å². The van der Waals surface area contributed by atoms with Crippen molar-refractivity contribution in [2.45, 2.75) is 30.4 Å². The third-order valence-electron chi connectivity index (χ3n) is 5.26. The standard InChI is InChI=1S/C21H20O13/c1-30-20(29)10-6-9(2-3-11(10)22)32-21-18(34-21)17(27)16(26)14(33-21)7-31-19(28)8-4-12(23)15(25)13(24)5-8/h2-6,14,16-18,22-27H,7H2,1H3. The Bertz CT molecular complexity index is 1110. The fourth-order valence-electron chi connectivity index (χ4n) is 3.41. The molecule has 2 saturated heterocycles. The van der Waals surface area contributed by atoms with E-state index in [1.54, 1.807) is 0 Å². The van der Waals surface area contributed by atoms with Gasteiger partial charge in [-0.05, 0) is 30.3 Å². The monoisotopic (exact) mass is 480 g/mol. The van der Waals surface area contributed by atoms with E-state index >= 15 is 0 Å². The summed E-state index contributed by atoms with van der Waals surface area (Å²) in [6.07, 6.45) is -5.45. The number of aromatic hydroxyl groups is 4. The van der Waals surface area contributed by atoms with Crippen molar-refractivity contribution < 1.29 is 63.9 Å². The number of rotatable bonds is 6. The summed E-state index contributed by atoms with van der Waals surface area (Å²) in [5.41, 5.74) is -0.500. The van der Waals surface area contributed by atoms with Crippen LogP contribution in [0.3, 0.4) is 0 Å². The molecular weight excluding hydrogens is 460 g/mol. The first kappa shape index (κ1) is 23.4. The van der Waals surface area contributed by atoms with Gasteiger partial charge in [0.15, 0.2) is 23.4 Å². The second-order valence-electron chi connectivity index (χ2n) is 7.51. The summed E-state index contributed by atoms with van der Waals surface area (Å²) in [5.74, 6) is -6.40. The number of hydrogen-bond acceptors (Lipinski definition) is 13. The zero-order valence-electron chi connectivity index (χ0n) is 17.4. The molecule has 0 amide bonds. The number of esters is 2. The molecule has 2 fully saturated rings. The highest BCUT2D eigenvalue weighted by molar-refractivity contribution is 5.92. The fraction of sp³-hybridized carbons (Fsp3) is 0.333. The lowest BCUT2D eigenvalue weighted by Gasteiger charge is -2.33. The van der Waals surface area contributed by atoms with E-state index < -0.39 is 66.2 Å². The average molecular weight is 480 g/mol. The summed E-state index contributed by atoms with van der Waals surface area (Å²) < 4.78 is 26.1. The van der Waals surface area contributed by atoms with Gasteiger partial charge < -0.3 is 49.6 Å². The van der Waals surface area contributed by atoms with Crippen LogP contribution in [0.1, 0.15) is 20.7 Å². The minimum atomic E-state index is -1.87. The molecule has 2 aromatic rings. The van der Waals surface area contributed by atoms with Gasteiger partial charge in [0.25, 0.3) is 0 Å². The number of aliphatic hydroxyl groups is 2. The molecule has 0 aromatic heterocycles. The van der Waals surface area contributed by atoms with Crippen molar-refractivity contribution in [3.63, 3.8) is 0 Å². The predicted octanol–water partition coefficient (Wildman–Crippen LogP) is -0.295. The maximum Gasteiger partial charge on any atom is 0.359 e. The van der Waals surface area contributed by atoms with Crippen molar-refractivity contribution >= 4 is 11.9 Å². The van der Waals surface area contributed by atoms with Gasteiger partial charge in [-0.15, -0.1) is 0 Å². The van der Waals surface area contributed by atoms with Gasteiger partial charge in [-0.2, -0.15) is 0 Å². The van der Waals surface area contributed by atoms with Crippen molar-refractivity contribution in [2.75, 3.05) is 13.7 Å². The number of benzene rings is 2. The number of phenolic OH excluding ortho intramolecular Hbond substituents is 4. The van der Waals surface area contributed by atoms with Crippen molar-refractivity contribution in [1.82, 2.24) is 0 Å². The average Bonchev–Trinajstić information content (AvgIpc) is 3.53. The number of ether oxygens (including phenoxy) is 5. The molecule has 2 aliphatic heterocycles. The van der Waals surface area contributed by atoms with Gasteiger partial charge in [0.05, 0.1) is 12.7 Å². The van der Waals surface area contributed by atoms with Crippen LogP contribution in [0.15, 0.2) is 30.3 Å². The number of aliphatic hydroxyl groups excluding tert-OH is 2. The molecular formula is C21H20O13. The lowest BCUT2D eigenvalue weighted by atomic mass is 10.0. The summed E-state index contributed by atoms with van der Waals surface area (Å²) in [5, 5.41) is 58.9. The summed E-state index contributed by atoms with van der Waals surface area (Å²) >= 11 is 0. The number of carbonyl (C=O) groups excluding carboxylic acids is 2. The topological polar surface area (TPSA) is 205 Å². The Morgan fingerprint density at radius 3 is 2.26 bits per heavy atom. The summed E-state index contributed by atoms with van der Waals surface area (Å²) in [6.45, 7) is -0.594. The molecule has 182 valence electrons. The number of phenols is 4. The van der Waals surface area contributed by atoms with Crippen LogP contribution < -0.4 is 4.74 Å². The SMILES string of the molecule is COC(=O)c1cc(OC23OC(COC(=O)c4cc(O)c(O)c(O)c4)C(O)C(O)C2O3)ccc1O. The molecule has 5 atom stereocenters. The summed E-state index contributed by atoms with van der Waals surface area (Å²) in [7, 11) is 1.13. The van der Waals surface area contributed by atoms with Crippen molar-refractivity contribution in [2.24, 2.45) is 0 Å². The smallest absolute Gasteiger partial charge is 0.359 e. The van der Waals surface area contributed by atoms with Gasteiger partial charge >= 0.3 is 17.9 Å². The molecule has 13 heteroatoms. The van der Waals surface area contributed by atoms with Gasteiger partial charge in [0, 0.05) is 0 Å². The van der Waals surface area contributed by atoms with Crippen LogP contribution in [0.4, 0.5) is 0 Å². The predicted molar refractivity (Wildman–Crippen MR) is 106 cm³/mol. The molecule has 0 radical (unpaired) electrons. The normalized spacial score (nSPS) is 27.4. The molecule has 2 heterocycles. The van der Waals surface area contributed by atoms with Crippen molar-refractivity contribution in [3.05, 3.63) is 41.5 Å². The second kappa shape index (κ2) is 8.53. The minimum Gasteiger partial charge on any atom is -0.507 e. The van der Waals surface area contributed by atoms with Crippen LogP contribution in [0.25, 0.3) is 0 Å². The van der Waals surface area contributed by atoms with Gasteiger partial charge in [-0.3, -0.25) is 4.74 Å². The molecule has 13 nitrogen and oxygen atoms in total. The van der Waals surface area contributed by atoms with E-state index in [1.165, 1.54) is 12.1 Å². The molecule has 5 unspecified atom stereocenters. The van der Waals surface area contributed by atoms with Crippen LogP contribution in [-0.2, 0) is 18.9 Å². The van der Waals surface area contributed by atoms with Crippen molar-refractivity contribution in [1.29, 1.82) is 0 Å². The van der Waals surface area contributed by atoms with Gasteiger partial charge in [-0.25, -0.2) is 9.59 Å². The number of hydrogen-bond donors (Lipinski definition) is 6. The molecule has 2 aromatic carbocycles. The zero-order chi connectivity index (χ0) is 24.8. The van der Waals surface area contributed by atoms with Gasteiger partial charge in [0.2, 0.25) is 0 Å². The van der Waals surface area contributed by atoms with Gasteiger partial charge in [0.1, 0.15) is 42.0 Å². The Labute approximate surface area is 190 Å². The Balaban J connectivity index is 1.46. The number of epoxide rings is 1. The highest BCUT2D eigenvalue weighted by atomic mass is 17.0. The third kappa shape index (κ3) is 4.12. The third-order valence-corrected chi connectivity index (χ3v) is 5.26. The lowest BCUT2D eigenvalue weighted by Crippen LogP contribution is -2.54. The number of carbonyl (C=O) groups is 2. The maximum absolute atomic E-state index is 12.3. The maximum atomic E-state index is 12.3. The lowest BCUT2D eigenvalue weighted by molar-refractivity contribution is -0.253. The van der Waals surface area contributed by atoms with Crippen molar-refractivity contribution in [3.8, 4) is 28.7 Å². The van der Waals surface area contributed by atoms with Crippen LogP contribution >= 0.6 is 0 Å². The minimum absolute atomic E-state index is 0.00933. The second-order valence-corrected chi connectivity index (χ2v) is 7.51. The van der Waals surface area contributed by atoms with E-state index in [-0.39, 0.29) is 22.6 Å². The van der Waals surface area contributed by atoms with Crippen LogP contribution in [0.5, 0.6) is 28.7 Å². The first-order chi connectivity index (χ1) is 16.1. The summed E-state index contributed by atoms with van der Waals surface area (Å²) in [6, 6.07) is 5.35. The highest BCUT2D eigenvalue weighted by Gasteiger charge is 2.72. The van der Waals surface area contributed by atoms with E-state index in [0.717, 1.165) is 25.3 Å². The molecule has 6 N–H and O–H groups in total. The Morgan fingerprint density at radius 2 is 1.62 bits per heavy atom. The highest BCUT2D eigenvalue weighted by Crippen LogP contribution is 2.48. The number of fused-ring (bicyclic) bond motifs is 1. The van der Waals surface area contributed by atoms with E-state index in [1.807, 2.05) is 0 Å². The van der Waals surface area contributed by atoms with E-state index in [0.29, 0.717) is 0 Å². The molecule has 0 spiro atoms. The Morgan fingerprint density at radius 1 is 0.941 bits per heavy atom. The van der Waals surface area contributed by atoms with Crippen LogP contribution in [-0.4, -0.2) is 86.7 Å². The van der Waals surface area contributed by atoms with Crippen LogP contribution in [0.2, 0.25) is 0 Å². The zero-order valence-corrected chi connectivity index (χ0v) is 17.4. The quantitative estimate of drug-likeness (QED) is 0.179. The Kier molecular flexibility index (Phi) is 5.87. The first-order valence-electron chi connectivity index (χ1n) is 9.80.